The van der Waals surface area contributed by atoms with Gasteiger partial charge >= 0.3 is 5.97 Å². The minimum Gasteiger partial charge on any atom is -0.422 e. The Hall–Kier alpha value is -1.82. The highest BCUT2D eigenvalue weighted by atomic mass is 79.9. The largest absolute Gasteiger partial charge is 0.422 e. The fourth-order valence-corrected chi connectivity index (χ4v) is 1.45. The minimum atomic E-state index is -0.606. The number of para-hydroxylation sites is 1. The van der Waals surface area contributed by atoms with Crippen LogP contribution >= 0.6 is 15.9 Å². The van der Waals surface area contributed by atoms with Crippen molar-refractivity contribution < 1.29 is 14.1 Å². The summed E-state index contributed by atoms with van der Waals surface area (Å²) in [5.74, 6) is -0.254. The molecule has 0 aliphatic heterocycles. The molecule has 1 aromatic heterocycles. The molecule has 2 aromatic rings. The molecule has 82 valence electrons. The molecule has 0 saturated heterocycles. The van der Waals surface area contributed by atoms with E-state index in [-0.39, 0.29) is 11.4 Å². The fourth-order valence-electron chi connectivity index (χ4n) is 1.08. The first-order valence-electron chi connectivity index (χ1n) is 4.35. The van der Waals surface area contributed by atoms with Crippen LogP contribution in [0.4, 0.5) is 5.88 Å². The van der Waals surface area contributed by atoms with Gasteiger partial charge < -0.3 is 15.0 Å². The van der Waals surface area contributed by atoms with Crippen molar-refractivity contribution in [2.75, 3.05) is 5.73 Å². The van der Waals surface area contributed by atoms with Gasteiger partial charge in [-0.1, -0.05) is 17.3 Å². The SMILES string of the molecule is Nc1oncc1C(=O)Oc1ccccc1Br. The Bertz CT molecular complexity index is 524. The average Bonchev–Trinajstić information content (AvgIpc) is 2.68. The van der Waals surface area contributed by atoms with Gasteiger partial charge in [-0.15, -0.1) is 0 Å². The van der Waals surface area contributed by atoms with Gasteiger partial charge in [0.25, 0.3) is 0 Å². The van der Waals surface area contributed by atoms with Crippen LogP contribution < -0.4 is 10.5 Å². The van der Waals surface area contributed by atoms with Crippen LogP contribution in [0.5, 0.6) is 5.75 Å². The summed E-state index contributed by atoms with van der Waals surface area (Å²) in [7, 11) is 0. The lowest BCUT2D eigenvalue weighted by Gasteiger charge is -2.04. The highest BCUT2D eigenvalue weighted by Gasteiger charge is 2.16. The first-order chi connectivity index (χ1) is 7.68. The number of ether oxygens (including phenoxy) is 1. The Morgan fingerprint density at radius 2 is 2.19 bits per heavy atom. The lowest BCUT2D eigenvalue weighted by atomic mass is 10.3. The van der Waals surface area contributed by atoms with Gasteiger partial charge in [-0.2, -0.15) is 0 Å². The summed E-state index contributed by atoms with van der Waals surface area (Å²) in [6.45, 7) is 0. The van der Waals surface area contributed by atoms with E-state index < -0.39 is 5.97 Å². The maximum absolute atomic E-state index is 11.6. The number of aromatic nitrogens is 1. The predicted octanol–water partition coefficient (Wildman–Crippen LogP) is 2.24. The number of halogens is 1. The lowest BCUT2D eigenvalue weighted by Crippen LogP contribution is -2.09. The standard InChI is InChI=1S/C10H7BrN2O3/c11-7-3-1-2-4-8(7)15-10(14)6-5-13-16-9(6)12/h1-5H,12H2. The van der Waals surface area contributed by atoms with Crippen molar-refractivity contribution in [2.45, 2.75) is 0 Å². The summed E-state index contributed by atoms with van der Waals surface area (Å²) in [4.78, 5) is 11.6. The van der Waals surface area contributed by atoms with Crippen LogP contribution in [0.3, 0.4) is 0 Å². The third-order valence-corrected chi connectivity index (χ3v) is 2.51. The van der Waals surface area contributed by atoms with E-state index in [1.54, 1.807) is 18.2 Å². The van der Waals surface area contributed by atoms with Gasteiger partial charge in [-0.25, -0.2) is 4.79 Å². The van der Waals surface area contributed by atoms with Gasteiger partial charge in [0.05, 0.1) is 10.7 Å². The Morgan fingerprint density at radius 3 is 2.81 bits per heavy atom. The maximum Gasteiger partial charge on any atom is 0.350 e. The van der Waals surface area contributed by atoms with Crippen molar-refractivity contribution in [1.82, 2.24) is 5.16 Å². The Labute approximate surface area is 99.3 Å². The highest BCUT2D eigenvalue weighted by molar-refractivity contribution is 9.10. The minimum absolute atomic E-state index is 0.0583. The number of anilines is 1. The zero-order valence-electron chi connectivity index (χ0n) is 8.01. The van der Waals surface area contributed by atoms with Gasteiger partial charge in [-0.05, 0) is 28.1 Å². The van der Waals surface area contributed by atoms with E-state index in [1.165, 1.54) is 6.20 Å². The van der Waals surface area contributed by atoms with Crippen molar-refractivity contribution in [3.8, 4) is 5.75 Å². The van der Waals surface area contributed by atoms with Crippen molar-refractivity contribution in [3.63, 3.8) is 0 Å². The summed E-state index contributed by atoms with van der Waals surface area (Å²) < 4.78 is 10.4. The second-order valence-electron chi connectivity index (χ2n) is 2.92. The molecule has 0 saturated carbocycles. The third-order valence-electron chi connectivity index (χ3n) is 1.86. The molecule has 1 heterocycles. The van der Waals surface area contributed by atoms with Crippen LogP contribution in [0.1, 0.15) is 10.4 Å². The van der Waals surface area contributed by atoms with E-state index in [2.05, 4.69) is 25.6 Å². The average molecular weight is 283 g/mol. The van der Waals surface area contributed by atoms with Gasteiger partial charge in [0.2, 0.25) is 5.88 Å². The quantitative estimate of drug-likeness (QED) is 0.675. The van der Waals surface area contributed by atoms with Crippen LogP contribution in [0, 0.1) is 0 Å². The van der Waals surface area contributed by atoms with Gasteiger partial charge in [0.1, 0.15) is 11.3 Å². The number of hydrogen-bond acceptors (Lipinski definition) is 5. The van der Waals surface area contributed by atoms with Crippen LogP contribution in [0.2, 0.25) is 0 Å². The normalized spacial score (nSPS) is 10.1. The number of esters is 1. The van der Waals surface area contributed by atoms with Crippen molar-refractivity contribution in [3.05, 3.63) is 40.5 Å². The first kappa shape index (κ1) is 10.7. The molecule has 0 aliphatic carbocycles. The lowest BCUT2D eigenvalue weighted by molar-refractivity contribution is 0.0734. The highest BCUT2D eigenvalue weighted by Crippen LogP contribution is 2.25. The molecule has 0 bridgehead atoms. The fraction of sp³-hybridized carbons (Fsp3) is 0. The molecule has 16 heavy (non-hydrogen) atoms. The van der Waals surface area contributed by atoms with Crippen molar-refractivity contribution >= 4 is 27.8 Å². The number of carbonyl (C=O) groups is 1. The smallest absolute Gasteiger partial charge is 0.350 e. The van der Waals surface area contributed by atoms with Crippen LogP contribution in [-0.2, 0) is 0 Å². The van der Waals surface area contributed by atoms with E-state index in [4.69, 9.17) is 10.5 Å². The molecule has 2 N–H and O–H groups in total. The van der Waals surface area contributed by atoms with E-state index in [1.807, 2.05) is 6.07 Å². The van der Waals surface area contributed by atoms with Crippen molar-refractivity contribution in [2.24, 2.45) is 0 Å². The second-order valence-corrected chi connectivity index (χ2v) is 3.78. The molecule has 1 aromatic carbocycles. The molecule has 6 heteroatoms. The molecular weight excluding hydrogens is 276 g/mol. The predicted molar refractivity (Wildman–Crippen MR) is 60.0 cm³/mol. The van der Waals surface area contributed by atoms with Crippen molar-refractivity contribution in [1.29, 1.82) is 0 Å². The van der Waals surface area contributed by atoms with Crippen LogP contribution in [0.25, 0.3) is 0 Å². The monoisotopic (exact) mass is 282 g/mol. The number of nitrogen functional groups attached to an aromatic ring is 1. The Kier molecular flexibility index (Phi) is 2.91. The Balaban J connectivity index is 2.21. The number of nitrogens with two attached hydrogens (primary N) is 1. The molecule has 0 amide bonds. The van der Waals surface area contributed by atoms with E-state index in [0.29, 0.717) is 10.2 Å². The second kappa shape index (κ2) is 4.36. The maximum atomic E-state index is 11.6. The molecule has 0 unspecified atom stereocenters. The summed E-state index contributed by atoms with van der Waals surface area (Å²) in [5, 5.41) is 3.39. The Morgan fingerprint density at radius 1 is 1.44 bits per heavy atom. The number of nitrogens with zero attached hydrogens (tertiary/aromatic N) is 1. The van der Waals surface area contributed by atoms with E-state index in [0.717, 1.165) is 0 Å². The number of benzene rings is 1. The number of carbonyl (C=O) groups excluding carboxylic acids is 1. The summed E-state index contributed by atoms with van der Waals surface area (Å²) >= 11 is 3.26. The van der Waals surface area contributed by atoms with E-state index in [9.17, 15) is 4.79 Å². The van der Waals surface area contributed by atoms with Gasteiger partial charge in [-0.3, -0.25) is 0 Å². The summed E-state index contributed by atoms with van der Waals surface area (Å²) in [6, 6.07) is 6.99. The number of rotatable bonds is 2. The van der Waals surface area contributed by atoms with Gasteiger partial charge in [0, 0.05) is 0 Å². The molecule has 0 fully saturated rings. The first-order valence-corrected chi connectivity index (χ1v) is 5.14. The van der Waals surface area contributed by atoms with Crippen LogP contribution in [0.15, 0.2) is 39.5 Å². The summed E-state index contributed by atoms with van der Waals surface area (Å²) in [6.07, 6.45) is 1.22. The zero-order valence-corrected chi connectivity index (χ0v) is 9.60. The molecule has 0 spiro atoms. The third kappa shape index (κ3) is 2.06. The topological polar surface area (TPSA) is 78.4 Å². The summed E-state index contributed by atoms with van der Waals surface area (Å²) in [5.41, 5.74) is 5.50. The molecule has 5 nitrogen and oxygen atoms in total. The molecule has 2 rings (SSSR count). The molecule has 0 aliphatic rings. The zero-order chi connectivity index (χ0) is 11.5. The molecule has 0 atom stereocenters. The molecule has 0 radical (unpaired) electrons. The van der Waals surface area contributed by atoms with Crippen LogP contribution in [-0.4, -0.2) is 11.1 Å². The molecular formula is C10H7BrN2O3. The van der Waals surface area contributed by atoms with E-state index >= 15 is 0 Å². The van der Waals surface area contributed by atoms with Gasteiger partial charge in [0.15, 0.2) is 0 Å². The number of hydrogen-bond donors (Lipinski definition) is 1.